The molecule has 0 atom stereocenters. The molecule has 1 fully saturated rings. The number of pyridine rings is 1. The lowest BCUT2D eigenvalue weighted by atomic mass is 10.0. The Labute approximate surface area is 173 Å². The number of aryl methyl sites for hydroxylation is 1. The van der Waals surface area contributed by atoms with E-state index >= 15 is 0 Å². The minimum Gasteiger partial charge on any atom is -0.356 e. The number of piperidine rings is 1. The van der Waals surface area contributed by atoms with E-state index in [0.29, 0.717) is 17.8 Å². The van der Waals surface area contributed by atoms with E-state index in [1.165, 1.54) is 17.7 Å². The maximum atomic E-state index is 13.4. The van der Waals surface area contributed by atoms with Crippen LogP contribution in [0.4, 0.5) is 14.6 Å². The predicted octanol–water partition coefficient (Wildman–Crippen LogP) is 4.36. The van der Waals surface area contributed by atoms with Crippen LogP contribution in [-0.4, -0.2) is 28.0 Å². The lowest BCUT2D eigenvalue weighted by Crippen LogP contribution is -2.31. The van der Waals surface area contributed by atoms with Crippen LogP contribution in [0.1, 0.15) is 31.0 Å². The molecular weight excluding hydrogens is 386 g/mol. The topological polar surface area (TPSA) is 61.9 Å². The first-order valence-corrected chi connectivity index (χ1v) is 9.98. The molecule has 154 valence electrons. The molecule has 1 N–H and O–H groups in total. The molecule has 3 aromatic rings. The standard InChI is InChI=1S/C23H22F2N4O/c1-2-18-13-22(30)28-23(27-18)17-4-6-21(26-14-17)29-9-7-15(8-10-29)11-16-3-5-19(24)20(25)12-16/h3-6,11-14H,2,7-10H2,1H3,(H,27,28,30). The molecule has 4 rings (SSSR count). The second kappa shape index (κ2) is 8.57. The van der Waals surface area contributed by atoms with Crippen molar-refractivity contribution in [3.63, 3.8) is 0 Å². The Morgan fingerprint density at radius 1 is 1.10 bits per heavy atom. The molecule has 3 heterocycles. The number of rotatable bonds is 4. The number of H-pyrrole nitrogens is 1. The van der Waals surface area contributed by atoms with Crippen molar-refractivity contribution in [3.05, 3.63) is 81.4 Å². The minimum atomic E-state index is -0.831. The molecule has 5 nitrogen and oxygen atoms in total. The van der Waals surface area contributed by atoms with Gasteiger partial charge in [0.05, 0.1) is 0 Å². The van der Waals surface area contributed by atoms with Crippen molar-refractivity contribution < 1.29 is 8.78 Å². The molecule has 0 radical (unpaired) electrons. The Morgan fingerprint density at radius 3 is 2.57 bits per heavy atom. The number of anilines is 1. The summed E-state index contributed by atoms with van der Waals surface area (Å²) in [5, 5.41) is 0. The molecule has 0 aliphatic carbocycles. The van der Waals surface area contributed by atoms with Crippen LogP contribution in [0.25, 0.3) is 17.5 Å². The van der Waals surface area contributed by atoms with Crippen LogP contribution < -0.4 is 10.5 Å². The van der Waals surface area contributed by atoms with Crippen LogP contribution >= 0.6 is 0 Å². The molecule has 1 aliphatic rings. The zero-order valence-corrected chi connectivity index (χ0v) is 16.7. The molecule has 0 bridgehead atoms. The van der Waals surface area contributed by atoms with E-state index in [1.807, 2.05) is 25.1 Å². The number of halogens is 2. The van der Waals surface area contributed by atoms with Crippen LogP contribution in [0.3, 0.4) is 0 Å². The van der Waals surface area contributed by atoms with Gasteiger partial charge in [-0.3, -0.25) is 4.79 Å². The zero-order chi connectivity index (χ0) is 21.1. The van der Waals surface area contributed by atoms with Gasteiger partial charge in [0.25, 0.3) is 5.56 Å². The molecule has 0 unspecified atom stereocenters. The quantitative estimate of drug-likeness (QED) is 0.697. The van der Waals surface area contributed by atoms with E-state index in [1.54, 1.807) is 12.3 Å². The normalized spacial score (nSPS) is 14.1. The van der Waals surface area contributed by atoms with E-state index < -0.39 is 11.6 Å². The molecular formula is C23H22F2N4O. The van der Waals surface area contributed by atoms with Gasteiger partial charge < -0.3 is 9.88 Å². The van der Waals surface area contributed by atoms with Gasteiger partial charge in [-0.15, -0.1) is 0 Å². The highest BCUT2D eigenvalue weighted by Crippen LogP contribution is 2.25. The summed E-state index contributed by atoms with van der Waals surface area (Å²) in [5.74, 6) is -0.276. The average molecular weight is 408 g/mol. The molecule has 7 heteroatoms. The van der Waals surface area contributed by atoms with Crippen molar-refractivity contribution in [2.24, 2.45) is 0 Å². The summed E-state index contributed by atoms with van der Waals surface area (Å²) >= 11 is 0. The van der Waals surface area contributed by atoms with Crippen molar-refractivity contribution in [2.75, 3.05) is 18.0 Å². The SMILES string of the molecule is CCc1cc(=O)[nH]c(-c2ccc(N3CCC(=Cc4ccc(F)c(F)c4)CC3)nc2)n1. The van der Waals surface area contributed by atoms with Gasteiger partial charge in [-0.05, 0) is 49.1 Å². The predicted molar refractivity (Wildman–Crippen MR) is 113 cm³/mol. The first kappa shape index (κ1) is 19.9. The van der Waals surface area contributed by atoms with E-state index in [2.05, 4.69) is 19.9 Å². The van der Waals surface area contributed by atoms with Gasteiger partial charge in [0.15, 0.2) is 11.6 Å². The highest BCUT2D eigenvalue weighted by Gasteiger charge is 2.16. The third kappa shape index (κ3) is 4.45. The molecule has 1 saturated heterocycles. The Balaban J connectivity index is 1.44. The molecule has 30 heavy (non-hydrogen) atoms. The Morgan fingerprint density at radius 2 is 1.90 bits per heavy atom. The van der Waals surface area contributed by atoms with Crippen molar-refractivity contribution in [1.82, 2.24) is 15.0 Å². The summed E-state index contributed by atoms with van der Waals surface area (Å²) < 4.78 is 26.5. The van der Waals surface area contributed by atoms with Crippen LogP contribution in [0, 0.1) is 11.6 Å². The zero-order valence-electron chi connectivity index (χ0n) is 16.7. The van der Waals surface area contributed by atoms with E-state index in [9.17, 15) is 13.6 Å². The summed E-state index contributed by atoms with van der Waals surface area (Å²) in [6.07, 6.45) is 6.00. The van der Waals surface area contributed by atoms with Gasteiger partial charge in [-0.1, -0.05) is 24.6 Å². The summed E-state index contributed by atoms with van der Waals surface area (Å²) in [4.78, 5) is 25.7. The number of hydrogen-bond acceptors (Lipinski definition) is 4. The van der Waals surface area contributed by atoms with Crippen molar-refractivity contribution in [3.8, 4) is 11.4 Å². The first-order chi connectivity index (χ1) is 14.5. The fourth-order valence-electron chi connectivity index (χ4n) is 3.54. The van der Waals surface area contributed by atoms with Crippen LogP contribution in [-0.2, 0) is 6.42 Å². The van der Waals surface area contributed by atoms with Gasteiger partial charge in [0.1, 0.15) is 11.6 Å². The number of hydrogen-bond donors (Lipinski definition) is 1. The Bertz CT molecular complexity index is 1130. The van der Waals surface area contributed by atoms with E-state index in [4.69, 9.17) is 0 Å². The summed E-state index contributed by atoms with van der Waals surface area (Å²) in [7, 11) is 0. The van der Waals surface area contributed by atoms with E-state index in [0.717, 1.165) is 49.1 Å². The molecule has 0 spiro atoms. The number of aromatic amines is 1. The minimum absolute atomic E-state index is 0.169. The lowest BCUT2D eigenvalue weighted by Gasteiger charge is -2.29. The van der Waals surface area contributed by atoms with Crippen molar-refractivity contribution in [1.29, 1.82) is 0 Å². The first-order valence-electron chi connectivity index (χ1n) is 9.98. The monoisotopic (exact) mass is 408 g/mol. The smallest absolute Gasteiger partial charge is 0.251 e. The molecule has 1 aliphatic heterocycles. The van der Waals surface area contributed by atoms with Gasteiger partial charge >= 0.3 is 0 Å². The Hall–Kier alpha value is -3.35. The van der Waals surface area contributed by atoms with Crippen molar-refractivity contribution in [2.45, 2.75) is 26.2 Å². The van der Waals surface area contributed by atoms with Crippen molar-refractivity contribution >= 4 is 11.9 Å². The lowest BCUT2D eigenvalue weighted by molar-refractivity contribution is 0.508. The number of benzene rings is 1. The number of nitrogens with zero attached hydrogens (tertiary/aromatic N) is 3. The molecule has 2 aromatic heterocycles. The van der Waals surface area contributed by atoms with E-state index in [-0.39, 0.29) is 5.56 Å². The summed E-state index contributed by atoms with van der Waals surface area (Å²) in [6, 6.07) is 9.31. The average Bonchev–Trinajstić information content (AvgIpc) is 2.76. The maximum Gasteiger partial charge on any atom is 0.251 e. The van der Waals surface area contributed by atoms with Gasteiger partial charge in [0, 0.05) is 36.6 Å². The van der Waals surface area contributed by atoms with Gasteiger partial charge in [-0.2, -0.15) is 0 Å². The highest BCUT2D eigenvalue weighted by molar-refractivity contribution is 5.57. The highest BCUT2D eigenvalue weighted by atomic mass is 19.2. The maximum absolute atomic E-state index is 13.4. The van der Waals surface area contributed by atoms with Gasteiger partial charge in [0.2, 0.25) is 0 Å². The van der Waals surface area contributed by atoms with Gasteiger partial charge in [-0.25, -0.2) is 18.7 Å². The molecule has 0 amide bonds. The summed E-state index contributed by atoms with van der Waals surface area (Å²) in [5.41, 5.74) is 3.22. The third-order valence-corrected chi connectivity index (χ3v) is 5.22. The molecule has 1 aromatic carbocycles. The van der Waals surface area contributed by atoms with Crippen LogP contribution in [0.2, 0.25) is 0 Å². The summed E-state index contributed by atoms with van der Waals surface area (Å²) in [6.45, 7) is 3.54. The largest absolute Gasteiger partial charge is 0.356 e. The van der Waals surface area contributed by atoms with Crippen LogP contribution in [0.15, 0.2) is 53.0 Å². The molecule has 0 saturated carbocycles. The second-order valence-corrected chi connectivity index (χ2v) is 7.31. The Kier molecular flexibility index (Phi) is 5.70. The van der Waals surface area contributed by atoms with Crippen LogP contribution in [0.5, 0.6) is 0 Å². The third-order valence-electron chi connectivity index (χ3n) is 5.22. The fraction of sp³-hybridized carbons (Fsp3) is 0.261. The number of aromatic nitrogens is 3. The fourth-order valence-corrected chi connectivity index (χ4v) is 3.54. The second-order valence-electron chi connectivity index (χ2n) is 7.31. The number of nitrogens with one attached hydrogen (secondary N) is 1.